The van der Waals surface area contributed by atoms with E-state index in [1.54, 1.807) is 6.92 Å². The second-order valence-corrected chi connectivity index (χ2v) is 4.11. The molecule has 0 atom stereocenters. The zero-order valence-electron chi connectivity index (χ0n) is 10.6. The van der Waals surface area contributed by atoms with Crippen molar-refractivity contribution in [2.45, 2.75) is 6.92 Å². The second-order valence-electron chi connectivity index (χ2n) is 4.11. The summed E-state index contributed by atoms with van der Waals surface area (Å²) in [6, 6.07) is 3.52. The largest absolute Gasteiger partial charge is 0.502 e. The lowest BCUT2D eigenvalue weighted by molar-refractivity contribution is -0.391. The zero-order chi connectivity index (χ0) is 15.0. The number of benzene rings is 1. The third kappa shape index (κ3) is 2.05. The summed E-state index contributed by atoms with van der Waals surface area (Å²) in [7, 11) is 1.48. The molecule has 1 aromatic heterocycles. The van der Waals surface area contributed by atoms with Crippen LogP contribution in [0.5, 0.6) is 5.75 Å². The molecule has 0 bridgehead atoms. The average molecular weight is 278 g/mol. The van der Waals surface area contributed by atoms with E-state index in [9.17, 15) is 25.3 Å². The van der Waals surface area contributed by atoms with Crippen LogP contribution >= 0.6 is 0 Å². The number of aromatic nitrogens is 2. The predicted octanol–water partition coefficient (Wildman–Crippen LogP) is 1.92. The highest BCUT2D eigenvalue weighted by Gasteiger charge is 2.26. The molecule has 0 aliphatic carbocycles. The van der Waals surface area contributed by atoms with E-state index in [2.05, 4.69) is 4.98 Å². The smallest absolute Gasteiger partial charge is 0.350 e. The van der Waals surface area contributed by atoms with Crippen molar-refractivity contribution in [1.29, 1.82) is 0 Å². The minimum atomic E-state index is -0.763. The Morgan fingerprint density at radius 3 is 2.45 bits per heavy atom. The van der Waals surface area contributed by atoms with Crippen LogP contribution in [0.15, 0.2) is 18.2 Å². The Labute approximate surface area is 112 Å². The molecule has 0 spiro atoms. The van der Waals surface area contributed by atoms with Crippen molar-refractivity contribution in [1.82, 2.24) is 9.55 Å². The second kappa shape index (κ2) is 4.61. The van der Waals surface area contributed by atoms with Crippen LogP contribution in [-0.4, -0.2) is 24.5 Å². The molecule has 1 N–H and O–H groups in total. The summed E-state index contributed by atoms with van der Waals surface area (Å²) in [5, 5.41) is 31.2. The number of imidazole rings is 1. The first-order valence-corrected chi connectivity index (χ1v) is 5.48. The number of nitro benzene ring substituents is 1. The molecule has 1 heterocycles. The molecular weight excluding hydrogens is 268 g/mol. The summed E-state index contributed by atoms with van der Waals surface area (Å²) in [5.41, 5.74) is -0.303. The van der Waals surface area contributed by atoms with Crippen LogP contribution < -0.4 is 0 Å². The van der Waals surface area contributed by atoms with E-state index in [0.717, 1.165) is 12.1 Å². The number of hydrogen-bond donors (Lipinski definition) is 1. The summed E-state index contributed by atoms with van der Waals surface area (Å²) in [6.07, 6.45) is 0. The van der Waals surface area contributed by atoms with Crippen LogP contribution in [0.25, 0.3) is 11.3 Å². The minimum Gasteiger partial charge on any atom is -0.502 e. The Morgan fingerprint density at radius 1 is 1.25 bits per heavy atom. The highest BCUT2D eigenvalue weighted by molar-refractivity contribution is 5.72. The van der Waals surface area contributed by atoms with E-state index < -0.39 is 21.3 Å². The van der Waals surface area contributed by atoms with Crippen LogP contribution in [0.3, 0.4) is 0 Å². The molecule has 0 saturated heterocycles. The number of rotatable bonds is 3. The third-order valence-electron chi connectivity index (χ3n) is 2.91. The van der Waals surface area contributed by atoms with Gasteiger partial charge in [-0.05, 0) is 17.1 Å². The summed E-state index contributed by atoms with van der Waals surface area (Å²) in [4.78, 5) is 24.5. The lowest BCUT2D eigenvalue weighted by Crippen LogP contribution is -1.99. The van der Waals surface area contributed by atoms with Gasteiger partial charge >= 0.3 is 11.5 Å². The van der Waals surface area contributed by atoms with Gasteiger partial charge in [0, 0.05) is 18.6 Å². The first-order chi connectivity index (χ1) is 9.32. The summed E-state index contributed by atoms with van der Waals surface area (Å²) < 4.78 is 1.29. The fourth-order valence-electron chi connectivity index (χ4n) is 1.82. The van der Waals surface area contributed by atoms with E-state index in [4.69, 9.17) is 0 Å². The van der Waals surface area contributed by atoms with Crippen molar-refractivity contribution in [2.24, 2.45) is 7.05 Å². The molecule has 9 heteroatoms. The SMILES string of the molecule is Cc1nc(-c2ccc(O)c([N+](=O)[O-])c2)c([N+](=O)[O-])n1C. The van der Waals surface area contributed by atoms with Crippen molar-refractivity contribution in [3.8, 4) is 17.0 Å². The standard InChI is InChI=1S/C11H10N4O5/c1-6-12-10(11(13(6)2)15(19)20)7-3-4-9(16)8(5-7)14(17)18/h3-5,16H,1-2H3. The van der Waals surface area contributed by atoms with E-state index in [-0.39, 0.29) is 17.1 Å². The van der Waals surface area contributed by atoms with Gasteiger partial charge in [0.25, 0.3) is 0 Å². The summed E-state index contributed by atoms with van der Waals surface area (Å²) >= 11 is 0. The fourth-order valence-corrected chi connectivity index (χ4v) is 1.82. The molecule has 9 nitrogen and oxygen atoms in total. The van der Waals surface area contributed by atoms with Crippen LogP contribution in [-0.2, 0) is 7.05 Å². The van der Waals surface area contributed by atoms with Crippen molar-refractivity contribution >= 4 is 11.5 Å². The van der Waals surface area contributed by atoms with Gasteiger partial charge in [-0.15, -0.1) is 0 Å². The number of phenolic OH excluding ortho intramolecular Hbond substituents is 1. The Bertz CT molecular complexity index is 722. The first-order valence-electron chi connectivity index (χ1n) is 5.48. The van der Waals surface area contributed by atoms with Crippen LogP contribution in [0.1, 0.15) is 5.82 Å². The highest BCUT2D eigenvalue weighted by Crippen LogP contribution is 2.35. The van der Waals surface area contributed by atoms with E-state index in [1.165, 1.54) is 17.7 Å². The summed E-state index contributed by atoms with van der Waals surface area (Å²) in [6.45, 7) is 1.59. The number of nitro groups is 2. The molecule has 0 fully saturated rings. The van der Waals surface area contributed by atoms with Gasteiger partial charge in [-0.1, -0.05) is 0 Å². The van der Waals surface area contributed by atoms with Crippen molar-refractivity contribution < 1.29 is 15.0 Å². The molecule has 0 aliphatic rings. The quantitative estimate of drug-likeness (QED) is 0.675. The number of aryl methyl sites for hydroxylation is 1. The number of phenols is 1. The zero-order valence-corrected chi connectivity index (χ0v) is 10.6. The maximum atomic E-state index is 11.1. The average Bonchev–Trinajstić information content (AvgIpc) is 2.66. The van der Waals surface area contributed by atoms with Crippen molar-refractivity contribution in [3.05, 3.63) is 44.3 Å². The Hall–Kier alpha value is -2.97. The predicted molar refractivity (Wildman–Crippen MR) is 68.4 cm³/mol. The highest BCUT2D eigenvalue weighted by atomic mass is 16.6. The van der Waals surface area contributed by atoms with Gasteiger partial charge in [-0.2, -0.15) is 0 Å². The summed E-state index contributed by atoms with van der Waals surface area (Å²) in [5.74, 6) is -0.362. The maximum Gasteiger partial charge on any atom is 0.350 e. The molecule has 0 radical (unpaired) electrons. The lowest BCUT2D eigenvalue weighted by atomic mass is 10.1. The lowest BCUT2D eigenvalue weighted by Gasteiger charge is -2.01. The number of nitrogens with zero attached hydrogens (tertiary/aromatic N) is 4. The molecular formula is C11H10N4O5. The minimum absolute atomic E-state index is 0.0260. The van der Waals surface area contributed by atoms with Gasteiger partial charge in [0.2, 0.25) is 0 Å². The van der Waals surface area contributed by atoms with Gasteiger partial charge in [-0.3, -0.25) is 10.1 Å². The molecule has 0 aliphatic heterocycles. The van der Waals surface area contributed by atoms with Gasteiger partial charge in [0.05, 0.1) is 12.0 Å². The van der Waals surface area contributed by atoms with Crippen molar-refractivity contribution in [3.63, 3.8) is 0 Å². The molecule has 104 valence electrons. The Balaban J connectivity index is 2.69. The van der Waals surface area contributed by atoms with Gasteiger partial charge in [0.15, 0.2) is 17.3 Å². The molecule has 1 aromatic carbocycles. The van der Waals surface area contributed by atoms with Crippen molar-refractivity contribution in [2.75, 3.05) is 0 Å². The maximum absolute atomic E-state index is 11.1. The van der Waals surface area contributed by atoms with E-state index in [0.29, 0.717) is 5.82 Å². The Morgan fingerprint density at radius 2 is 1.90 bits per heavy atom. The van der Waals surface area contributed by atoms with Crippen LogP contribution in [0.4, 0.5) is 11.5 Å². The van der Waals surface area contributed by atoms with E-state index >= 15 is 0 Å². The van der Waals surface area contributed by atoms with Crippen LogP contribution in [0, 0.1) is 27.2 Å². The normalized spacial score (nSPS) is 10.5. The molecule has 20 heavy (non-hydrogen) atoms. The third-order valence-corrected chi connectivity index (χ3v) is 2.91. The van der Waals surface area contributed by atoms with Gasteiger partial charge in [-0.25, -0.2) is 9.55 Å². The molecule has 2 rings (SSSR count). The van der Waals surface area contributed by atoms with Gasteiger partial charge < -0.3 is 15.2 Å². The first kappa shape index (κ1) is 13.5. The van der Waals surface area contributed by atoms with Gasteiger partial charge in [0.1, 0.15) is 0 Å². The molecule has 0 amide bonds. The Kier molecular flexibility index (Phi) is 3.10. The topological polar surface area (TPSA) is 124 Å². The monoisotopic (exact) mass is 278 g/mol. The number of hydrogen-bond acceptors (Lipinski definition) is 6. The molecule has 0 unspecified atom stereocenters. The van der Waals surface area contributed by atoms with E-state index in [1.807, 2.05) is 0 Å². The molecule has 0 saturated carbocycles. The molecule has 2 aromatic rings. The van der Waals surface area contributed by atoms with Crippen LogP contribution in [0.2, 0.25) is 0 Å². The number of aromatic hydroxyl groups is 1. The fraction of sp³-hybridized carbons (Fsp3) is 0.182.